The van der Waals surface area contributed by atoms with Gasteiger partial charge in [-0.15, -0.1) is 0 Å². The standard InChI is InChI=1S/C20H20/c1-13-9-15-5-7-17-11-14(2)12-18-8-6-16(10-13)19(15,3)20(17,18)4/h5-12H,1-4H3. The van der Waals surface area contributed by atoms with E-state index in [-0.39, 0.29) is 10.8 Å². The van der Waals surface area contributed by atoms with Crippen LogP contribution < -0.4 is 0 Å². The van der Waals surface area contributed by atoms with E-state index in [9.17, 15) is 0 Å². The molecule has 4 aliphatic carbocycles. The van der Waals surface area contributed by atoms with E-state index in [1.165, 1.54) is 33.4 Å². The molecule has 4 aliphatic rings. The summed E-state index contributed by atoms with van der Waals surface area (Å²) in [7, 11) is 0. The monoisotopic (exact) mass is 260 g/mol. The van der Waals surface area contributed by atoms with Crippen molar-refractivity contribution in [3.05, 3.63) is 82.0 Å². The molecule has 0 aromatic rings. The molecule has 0 fully saturated rings. The van der Waals surface area contributed by atoms with Gasteiger partial charge < -0.3 is 0 Å². The average molecular weight is 260 g/mol. The van der Waals surface area contributed by atoms with Crippen LogP contribution in [0.1, 0.15) is 27.7 Å². The van der Waals surface area contributed by atoms with Crippen LogP contribution in [0.3, 0.4) is 0 Å². The zero-order chi connectivity index (χ0) is 14.1. The highest BCUT2D eigenvalue weighted by Crippen LogP contribution is 2.65. The predicted molar refractivity (Wildman–Crippen MR) is 85.2 cm³/mol. The molecular formula is C20H20. The molecule has 0 radical (unpaired) electrons. The minimum atomic E-state index is 0.0639. The molecule has 0 saturated carbocycles. The molecule has 100 valence electrons. The number of allylic oxidation sites excluding steroid dienone is 14. The molecule has 0 heterocycles. The fourth-order valence-corrected chi connectivity index (χ4v) is 4.35. The molecule has 20 heavy (non-hydrogen) atoms. The fraction of sp³-hybridized carbons (Fsp3) is 0.300. The number of hydrogen-bond acceptors (Lipinski definition) is 0. The van der Waals surface area contributed by atoms with Gasteiger partial charge in [-0.05, 0) is 36.1 Å². The summed E-state index contributed by atoms with van der Waals surface area (Å²) >= 11 is 0. The Bertz CT molecular complexity index is 679. The lowest BCUT2D eigenvalue weighted by Crippen LogP contribution is -2.47. The highest BCUT2D eigenvalue weighted by atomic mass is 14.6. The summed E-state index contributed by atoms with van der Waals surface area (Å²) in [6, 6.07) is 0. The van der Waals surface area contributed by atoms with Gasteiger partial charge in [0.25, 0.3) is 0 Å². The van der Waals surface area contributed by atoms with Crippen LogP contribution in [0, 0.1) is 10.8 Å². The van der Waals surface area contributed by atoms with E-state index in [2.05, 4.69) is 76.3 Å². The predicted octanol–water partition coefficient (Wildman–Crippen LogP) is 5.21. The van der Waals surface area contributed by atoms with Crippen molar-refractivity contribution in [1.29, 1.82) is 0 Å². The van der Waals surface area contributed by atoms with Crippen LogP contribution in [0.5, 0.6) is 0 Å². The molecule has 2 atom stereocenters. The molecule has 0 aromatic heterocycles. The van der Waals surface area contributed by atoms with E-state index in [1.807, 2.05) is 0 Å². The van der Waals surface area contributed by atoms with Crippen molar-refractivity contribution in [2.45, 2.75) is 27.7 Å². The van der Waals surface area contributed by atoms with E-state index in [4.69, 9.17) is 0 Å². The molecule has 4 rings (SSSR count). The molecule has 0 spiro atoms. The lowest BCUT2D eigenvalue weighted by Gasteiger charge is -2.56. The number of hydrogen-bond donors (Lipinski definition) is 0. The third kappa shape index (κ3) is 1.14. The zero-order valence-electron chi connectivity index (χ0n) is 12.6. The van der Waals surface area contributed by atoms with Crippen molar-refractivity contribution in [3.63, 3.8) is 0 Å². The molecule has 0 aliphatic heterocycles. The van der Waals surface area contributed by atoms with Crippen molar-refractivity contribution in [1.82, 2.24) is 0 Å². The molecular weight excluding hydrogens is 240 g/mol. The van der Waals surface area contributed by atoms with Gasteiger partial charge in [0.05, 0.1) is 0 Å². The van der Waals surface area contributed by atoms with E-state index in [0.29, 0.717) is 0 Å². The Kier molecular flexibility index (Phi) is 2.05. The molecule has 0 heteroatoms. The first-order chi connectivity index (χ1) is 9.46. The van der Waals surface area contributed by atoms with Crippen molar-refractivity contribution < 1.29 is 0 Å². The van der Waals surface area contributed by atoms with Crippen molar-refractivity contribution in [2.75, 3.05) is 0 Å². The van der Waals surface area contributed by atoms with Gasteiger partial charge in [0, 0.05) is 10.8 Å². The van der Waals surface area contributed by atoms with Crippen LogP contribution in [0.4, 0.5) is 0 Å². The second kappa shape index (κ2) is 3.44. The summed E-state index contributed by atoms with van der Waals surface area (Å²) < 4.78 is 0. The zero-order valence-corrected chi connectivity index (χ0v) is 12.6. The Balaban J connectivity index is 2.13. The molecule has 0 aromatic carbocycles. The van der Waals surface area contributed by atoms with Crippen LogP contribution in [0.25, 0.3) is 0 Å². The van der Waals surface area contributed by atoms with Gasteiger partial charge in [-0.2, -0.15) is 0 Å². The van der Waals surface area contributed by atoms with Crippen LogP contribution in [-0.4, -0.2) is 0 Å². The second-order valence-electron chi connectivity index (χ2n) is 6.80. The SMILES string of the molecule is CC1=CC2=CC=C3C=C(C)C=C4C=CC(=C1)C2(C)C34C. The molecule has 0 saturated heterocycles. The van der Waals surface area contributed by atoms with Gasteiger partial charge >= 0.3 is 0 Å². The summed E-state index contributed by atoms with van der Waals surface area (Å²) in [4.78, 5) is 0. The van der Waals surface area contributed by atoms with Gasteiger partial charge in [-0.1, -0.05) is 73.6 Å². The largest absolute Gasteiger partial charge is 0.0578 e. The summed E-state index contributed by atoms with van der Waals surface area (Å²) in [6.07, 6.45) is 18.7. The lowest BCUT2D eigenvalue weighted by atomic mass is 9.46. The van der Waals surface area contributed by atoms with Gasteiger partial charge in [-0.25, -0.2) is 0 Å². The maximum atomic E-state index is 2.41. The van der Waals surface area contributed by atoms with Crippen LogP contribution >= 0.6 is 0 Å². The Morgan fingerprint density at radius 3 is 1.40 bits per heavy atom. The van der Waals surface area contributed by atoms with Crippen LogP contribution in [0.2, 0.25) is 0 Å². The fourth-order valence-electron chi connectivity index (χ4n) is 4.35. The Morgan fingerprint density at radius 1 is 0.600 bits per heavy atom. The van der Waals surface area contributed by atoms with Gasteiger partial charge in [-0.3, -0.25) is 0 Å². The Labute approximate surface area is 121 Å². The summed E-state index contributed by atoms with van der Waals surface area (Å²) in [5, 5.41) is 0. The van der Waals surface area contributed by atoms with E-state index < -0.39 is 0 Å². The van der Waals surface area contributed by atoms with E-state index >= 15 is 0 Å². The van der Waals surface area contributed by atoms with Crippen molar-refractivity contribution in [3.8, 4) is 0 Å². The number of rotatable bonds is 0. The van der Waals surface area contributed by atoms with Crippen molar-refractivity contribution >= 4 is 0 Å². The Morgan fingerprint density at radius 2 is 1.00 bits per heavy atom. The maximum Gasteiger partial charge on any atom is 0.0309 e. The smallest absolute Gasteiger partial charge is 0.0309 e. The maximum absolute atomic E-state index is 2.41. The first kappa shape index (κ1) is 12.0. The van der Waals surface area contributed by atoms with E-state index in [0.717, 1.165) is 0 Å². The highest BCUT2D eigenvalue weighted by molar-refractivity contribution is 5.68. The second-order valence-corrected chi connectivity index (χ2v) is 6.80. The third-order valence-corrected chi connectivity index (χ3v) is 5.73. The normalized spacial score (nSPS) is 37.0. The van der Waals surface area contributed by atoms with Gasteiger partial charge in [0.1, 0.15) is 0 Å². The first-order valence-electron chi connectivity index (χ1n) is 7.38. The minimum Gasteiger partial charge on any atom is -0.0578 e. The van der Waals surface area contributed by atoms with Crippen LogP contribution in [-0.2, 0) is 0 Å². The lowest BCUT2D eigenvalue weighted by molar-refractivity contribution is 0.248. The Hall–Kier alpha value is -1.82. The minimum absolute atomic E-state index is 0.0639. The molecule has 0 bridgehead atoms. The van der Waals surface area contributed by atoms with Crippen molar-refractivity contribution in [2.24, 2.45) is 10.8 Å². The quantitative estimate of drug-likeness (QED) is 0.561. The van der Waals surface area contributed by atoms with E-state index in [1.54, 1.807) is 0 Å². The van der Waals surface area contributed by atoms with Gasteiger partial charge in [0.2, 0.25) is 0 Å². The summed E-state index contributed by atoms with van der Waals surface area (Å²) in [6.45, 7) is 9.21. The molecule has 0 amide bonds. The van der Waals surface area contributed by atoms with Crippen LogP contribution in [0.15, 0.2) is 82.0 Å². The van der Waals surface area contributed by atoms with Gasteiger partial charge in [0.15, 0.2) is 0 Å². The third-order valence-electron chi connectivity index (χ3n) is 5.73. The highest BCUT2D eigenvalue weighted by Gasteiger charge is 2.55. The molecule has 2 unspecified atom stereocenters. The molecule has 0 nitrogen and oxygen atoms in total. The first-order valence-corrected chi connectivity index (χ1v) is 7.38. The summed E-state index contributed by atoms with van der Waals surface area (Å²) in [5.41, 5.74) is 8.61. The summed E-state index contributed by atoms with van der Waals surface area (Å²) in [5.74, 6) is 0. The molecule has 0 N–H and O–H groups in total. The topological polar surface area (TPSA) is 0 Å². The average Bonchev–Trinajstić information content (AvgIpc) is 2.38.